The Morgan fingerprint density at radius 1 is 1.36 bits per heavy atom. The van der Waals surface area contributed by atoms with Gasteiger partial charge in [-0.1, -0.05) is 17.7 Å². The van der Waals surface area contributed by atoms with Crippen LogP contribution in [-0.4, -0.2) is 24.8 Å². The van der Waals surface area contributed by atoms with Crippen molar-refractivity contribution in [1.29, 1.82) is 0 Å². The Morgan fingerprint density at radius 2 is 2.14 bits per heavy atom. The molecule has 2 aromatic rings. The van der Waals surface area contributed by atoms with Crippen molar-refractivity contribution in [3.63, 3.8) is 0 Å². The van der Waals surface area contributed by atoms with Gasteiger partial charge in [0.05, 0.1) is 27.9 Å². The highest BCUT2D eigenvalue weighted by Gasteiger charge is 2.24. The first kappa shape index (κ1) is 21.0. The van der Waals surface area contributed by atoms with Crippen LogP contribution >= 0.6 is 46.0 Å². The lowest BCUT2D eigenvalue weighted by Crippen LogP contribution is -2.19. The van der Waals surface area contributed by atoms with E-state index in [-0.39, 0.29) is 5.91 Å². The van der Waals surface area contributed by atoms with Crippen molar-refractivity contribution in [2.45, 2.75) is 13.8 Å². The molecule has 0 saturated carbocycles. The Labute approximate surface area is 186 Å². The molecule has 8 heteroatoms. The number of ether oxygens (including phenoxy) is 2. The molecule has 1 fully saturated rings. The SMILES string of the molecule is CCOc1c(I)cc(/C=C2\SC(=Nc3cccc(Cl)c3C)NC2=O)cc1OC. The lowest BCUT2D eigenvalue weighted by atomic mass is 10.2. The second-order valence-corrected chi connectivity index (χ2v) is 8.43. The van der Waals surface area contributed by atoms with Gasteiger partial charge in [-0.25, -0.2) is 4.99 Å². The summed E-state index contributed by atoms with van der Waals surface area (Å²) in [6.07, 6.45) is 1.81. The van der Waals surface area contributed by atoms with Crippen molar-refractivity contribution in [2.75, 3.05) is 13.7 Å². The van der Waals surface area contributed by atoms with Crippen LogP contribution in [0.5, 0.6) is 11.5 Å². The smallest absolute Gasteiger partial charge is 0.264 e. The summed E-state index contributed by atoms with van der Waals surface area (Å²) >= 11 is 9.63. The number of nitrogens with zero attached hydrogens (tertiary/aromatic N) is 1. The lowest BCUT2D eigenvalue weighted by molar-refractivity contribution is -0.115. The number of carbonyl (C=O) groups is 1. The van der Waals surface area contributed by atoms with Crippen LogP contribution in [0, 0.1) is 10.5 Å². The first-order chi connectivity index (χ1) is 13.4. The van der Waals surface area contributed by atoms with Crippen molar-refractivity contribution >= 4 is 68.8 Å². The molecule has 1 N–H and O–H groups in total. The zero-order valence-electron chi connectivity index (χ0n) is 15.5. The van der Waals surface area contributed by atoms with E-state index in [4.69, 9.17) is 21.1 Å². The van der Waals surface area contributed by atoms with Gasteiger partial charge in [0.1, 0.15) is 0 Å². The molecule has 1 aliphatic heterocycles. The number of hydrogen-bond acceptors (Lipinski definition) is 5. The number of rotatable bonds is 5. The van der Waals surface area contributed by atoms with E-state index in [1.807, 2.05) is 50.3 Å². The van der Waals surface area contributed by atoms with Gasteiger partial charge in [0, 0.05) is 5.02 Å². The maximum Gasteiger partial charge on any atom is 0.264 e. The zero-order valence-corrected chi connectivity index (χ0v) is 19.2. The Hall–Kier alpha value is -1.71. The maximum absolute atomic E-state index is 12.4. The molecule has 0 unspecified atom stereocenters. The van der Waals surface area contributed by atoms with Gasteiger partial charge in [0.15, 0.2) is 16.7 Å². The summed E-state index contributed by atoms with van der Waals surface area (Å²) in [6.45, 7) is 4.37. The number of benzene rings is 2. The molecular weight excluding hydrogens is 511 g/mol. The first-order valence-corrected chi connectivity index (χ1v) is 10.7. The van der Waals surface area contributed by atoms with Crippen LogP contribution in [0.15, 0.2) is 40.2 Å². The molecule has 0 radical (unpaired) electrons. The number of hydrogen-bond donors (Lipinski definition) is 1. The fourth-order valence-corrected chi connectivity index (χ4v) is 4.35. The molecular formula is C20H18ClIN2O3S. The van der Waals surface area contributed by atoms with Crippen molar-refractivity contribution < 1.29 is 14.3 Å². The minimum absolute atomic E-state index is 0.189. The minimum Gasteiger partial charge on any atom is -0.493 e. The Balaban J connectivity index is 1.90. The van der Waals surface area contributed by atoms with Crippen LogP contribution in [0.4, 0.5) is 5.69 Å². The van der Waals surface area contributed by atoms with E-state index in [0.717, 1.165) is 20.4 Å². The number of carbonyl (C=O) groups excluding carboxylic acids is 1. The summed E-state index contributed by atoms with van der Waals surface area (Å²) in [5.74, 6) is 1.15. The third-order valence-corrected chi connectivity index (χ3v) is 6.07. The number of amides is 1. The topological polar surface area (TPSA) is 59.9 Å². The van der Waals surface area contributed by atoms with Gasteiger partial charge in [-0.15, -0.1) is 0 Å². The number of nitrogens with one attached hydrogen (secondary N) is 1. The Bertz CT molecular complexity index is 992. The summed E-state index contributed by atoms with van der Waals surface area (Å²) in [5, 5.41) is 3.96. The fourth-order valence-electron chi connectivity index (χ4n) is 2.57. The molecule has 0 atom stereocenters. The molecule has 2 aromatic carbocycles. The quantitative estimate of drug-likeness (QED) is 0.408. The molecule has 1 amide bonds. The summed E-state index contributed by atoms with van der Waals surface area (Å²) in [6, 6.07) is 9.31. The van der Waals surface area contributed by atoms with Gasteiger partial charge in [-0.3, -0.25) is 4.79 Å². The molecule has 5 nitrogen and oxygen atoms in total. The van der Waals surface area contributed by atoms with Crippen LogP contribution in [-0.2, 0) is 4.79 Å². The maximum atomic E-state index is 12.4. The normalized spacial score (nSPS) is 16.5. The van der Waals surface area contributed by atoms with Crippen LogP contribution in [0.25, 0.3) is 6.08 Å². The number of methoxy groups -OCH3 is 1. The number of amidine groups is 1. The number of aliphatic imine (C=N–C) groups is 1. The molecule has 28 heavy (non-hydrogen) atoms. The lowest BCUT2D eigenvalue weighted by Gasteiger charge is -2.12. The molecule has 1 heterocycles. The average Bonchev–Trinajstić information content (AvgIpc) is 3.00. The first-order valence-electron chi connectivity index (χ1n) is 8.48. The van der Waals surface area contributed by atoms with E-state index >= 15 is 0 Å². The summed E-state index contributed by atoms with van der Waals surface area (Å²) in [7, 11) is 1.60. The fraction of sp³-hybridized carbons (Fsp3) is 0.200. The minimum atomic E-state index is -0.189. The van der Waals surface area contributed by atoms with Gasteiger partial charge >= 0.3 is 0 Å². The molecule has 0 aromatic heterocycles. The van der Waals surface area contributed by atoms with Gasteiger partial charge in [-0.2, -0.15) is 0 Å². The zero-order chi connectivity index (χ0) is 20.3. The highest BCUT2D eigenvalue weighted by molar-refractivity contribution is 14.1. The predicted molar refractivity (Wildman–Crippen MR) is 124 cm³/mol. The van der Waals surface area contributed by atoms with Gasteiger partial charge in [0.25, 0.3) is 5.91 Å². The summed E-state index contributed by atoms with van der Waals surface area (Å²) in [4.78, 5) is 17.5. The largest absolute Gasteiger partial charge is 0.493 e. The van der Waals surface area contributed by atoms with E-state index in [0.29, 0.717) is 33.2 Å². The van der Waals surface area contributed by atoms with Crippen molar-refractivity contribution in [2.24, 2.45) is 4.99 Å². The Kier molecular flexibility index (Phi) is 6.90. The van der Waals surface area contributed by atoms with E-state index in [1.54, 1.807) is 7.11 Å². The average molecular weight is 529 g/mol. The van der Waals surface area contributed by atoms with Crippen molar-refractivity contribution in [1.82, 2.24) is 5.32 Å². The second-order valence-electron chi connectivity index (χ2n) is 5.83. The molecule has 1 aliphatic rings. The van der Waals surface area contributed by atoms with Crippen molar-refractivity contribution in [3.05, 3.63) is 55.0 Å². The standard InChI is InChI=1S/C20H18ClIN2O3S/c1-4-27-18-14(22)8-12(9-16(18)26-3)10-17-19(25)24-20(28-17)23-15-7-5-6-13(21)11(15)2/h5-10H,4H2,1-3H3,(H,23,24,25)/b17-10-. The summed E-state index contributed by atoms with van der Waals surface area (Å²) < 4.78 is 12.0. The van der Waals surface area contributed by atoms with E-state index in [1.165, 1.54) is 11.8 Å². The molecule has 0 spiro atoms. The second kappa shape index (κ2) is 9.19. The van der Waals surface area contributed by atoms with Crippen LogP contribution in [0.1, 0.15) is 18.1 Å². The van der Waals surface area contributed by atoms with Gasteiger partial charge in [-0.05, 0) is 89.7 Å². The number of halogens is 2. The van der Waals surface area contributed by atoms with E-state index in [2.05, 4.69) is 32.9 Å². The highest BCUT2D eigenvalue weighted by Crippen LogP contribution is 2.36. The Morgan fingerprint density at radius 3 is 2.86 bits per heavy atom. The predicted octanol–water partition coefficient (Wildman–Crippen LogP) is 5.55. The van der Waals surface area contributed by atoms with Crippen molar-refractivity contribution in [3.8, 4) is 11.5 Å². The third-order valence-electron chi connectivity index (χ3n) is 3.95. The molecule has 146 valence electrons. The van der Waals surface area contributed by atoms with Crippen LogP contribution in [0.3, 0.4) is 0 Å². The molecule has 1 saturated heterocycles. The number of thioether (sulfide) groups is 1. The third kappa shape index (κ3) is 4.64. The molecule has 0 bridgehead atoms. The van der Waals surface area contributed by atoms with E-state index < -0.39 is 0 Å². The van der Waals surface area contributed by atoms with Crippen LogP contribution in [0.2, 0.25) is 5.02 Å². The monoisotopic (exact) mass is 528 g/mol. The highest BCUT2D eigenvalue weighted by atomic mass is 127. The summed E-state index contributed by atoms with van der Waals surface area (Å²) in [5.41, 5.74) is 2.45. The van der Waals surface area contributed by atoms with E-state index in [9.17, 15) is 4.79 Å². The molecule has 3 rings (SSSR count). The molecule has 0 aliphatic carbocycles. The van der Waals surface area contributed by atoms with Gasteiger partial charge < -0.3 is 14.8 Å². The van der Waals surface area contributed by atoms with Crippen LogP contribution < -0.4 is 14.8 Å². The van der Waals surface area contributed by atoms with Gasteiger partial charge in [0.2, 0.25) is 0 Å².